The predicted octanol–water partition coefficient (Wildman–Crippen LogP) is 4.86. The Labute approximate surface area is 204 Å². The minimum Gasteiger partial charge on any atom is -0.290 e. The molecule has 0 saturated carbocycles. The Morgan fingerprint density at radius 1 is 0.824 bits per heavy atom. The van der Waals surface area contributed by atoms with Crippen LogP contribution in [-0.4, -0.2) is 53.6 Å². The maximum absolute atomic E-state index is 13.8. The Morgan fingerprint density at radius 3 is 1.76 bits per heavy atom. The number of piperazine rings is 1. The lowest BCUT2D eigenvalue weighted by Crippen LogP contribution is -2.50. The van der Waals surface area contributed by atoms with Crippen molar-refractivity contribution in [2.24, 2.45) is 0 Å². The van der Waals surface area contributed by atoms with Crippen LogP contribution in [0.1, 0.15) is 63.5 Å². The van der Waals surface area contributed by atoms with Crippen LogP contribution in [0.25, 0.3) is 0 Å². The second-order valence-corrected chi connectivity index (χ2v) is 12.2. The lowest BCUT2D eigenvalue weighted by Gasteiger charge is -2.39. The van der Waals surface area contributed by atoms with Crippen molar-refractivity contribution in [1.29, 1.82) is 0 Å². The molecule has 7 heteroatoms. The van der Waals surface area contributed by atoms with Gasteiger partial charge in [0.2, 0.25) is 10.0 Å². The second kappa shape index (κ2) is 9.64. The van der Waals surface area contributed by atoms with Crippen molar-refractivity contribution in [3.63, 3.8) is 0 Å². The fraction of sp³-hybridized carbons (Fsp3) is 0.444. The van der Waals surface area contributed by atoms with Crippen LogP contribution in [0.4, 0.5) is 0 Å². The average molecular weight is 481 g/mol. The molecule has 182 valence electrons. The van der Waals surface area contributed by atoms with Gasteiger partial charge >= 0.3 is 0 Å². The molecule has 0 bridgehead atoms. The van der Waals surface area contributed by atoms with E-state index >= 15 is 0 Å². The van der Waals surface area contributed by atoms with Crippen molar-refractivity contribution in [2.45, 2.75) is 57.0 Å². The molecule has 1 aliphatic rings. The van der Waals surface area contributed by atoms with Gasteiger partial charge in [-0.25, -0.2) is 8.42 Å². The maximum Gasteiger partial charge on any atom is 0.246 e. The first-order valence-corrected chi connectivity index (χ1v) is 13.5. The number of sulfonamides is 1. The van der Waals surface area contributed by atoms with E-state index in [1.165, 1.54) is 11.1 Å². The smallest absolute Gasteiger partial charge is 0.246 e. The number of hydrogen-bond acceptors (Lipinski definition) is 4. The van der Waals surface area contributed by atoms with Crippen molar-refractivity contribution in [2.75, 3.05) is 26.2 Å². The summed E-state index contributed by atoms with van der Waals surface area (Å²) in [4.78, 5) is 2.73. The van der Waals surface area contributed by atoms with E-state index in [9.17, 15) is 8.42 Å². The monoisotopic (exact) mass is 480 g/mol. The summed E-state index contributed by atoms with van der Waals surface area (Å²) in [7, 11) is -3.64. The van der Waals surface area contributed by atoms with E-state index in [0.717, 1.165) is 0 Å². The Morgan fingerprint density at radius 2 is 1.32 bits per heavy atom. The number of nitrogens with zero attached hydrogens (tertiary/aromatic N) is 4. The maximum atomic E-state index is 13.8. The number of aromatic nitrogens is 2. The van der Waals surface area contributed by atoms with Crippen LogP contribution in [-0.2, 0) is 15.4 Å². The van der Waals surface area contributed by atoms with Crippen molar-refractivity contribution in [1.82, 2.24) is 19.0 Å². The highest BCUT2D eigenvalue weighted by Gasteiger charge is 2.37. The van der Waals surface area contributed by atoms with Gasteiger partial charge in [0.15, 0.2) is 0 Å². The van der Waals surface area contributed by atoms with Gasteiger partial charge in [0.25, 0.3) is 0 Å². The highest BCUT2D eigenvalue weighted by molar-refractivity contribution is 7.89. The standard InChI is InChI=1S/C27H36N4O2S/c1-21(2)31-20-24(26(28-31)27(3,4)5)34(32,33)30-18-16-29(17-19-30)25(22-12-8-6-9-13-22)23-14-10-7-11-15-23/h6-15,20-21,25H,16-19H2,1-5H3. The Hall–Kier alpha value is -2.48. The topological polar surface area (TPSA) is 58.4 Å². The second-order valence-electron chi connectivity index (χ2n) is 10.3. The van der Waals surface area contributed by atoms with E-state index in [-0.39, 0.29) is 17.5 Å². The molecule has 3 aromatic rings. The summed E-state index contributed by atoms with van der Waals surface area (Å²) in [5, 5.41) is 4.67. The fourth-order valence-electron chi connectivity index (χ4n) is 4.57. The normalized spacial score (nSPS) is 16.4. The molecule has 1 aromatic heterocycles. The van der Waals surface area contributed by atoms with E-state index in [1.807, 2.05) is 46.8 Å². The molecule has 1 saturated heterocycles. The molecule has 0 N–H and O–H groups in total. The largest absolute Gasteiger partial charge is 0.290 e. The van der Waals surface area contributed by atoms with Crippen LogP contribution in [0.3, 0.4) is 0 Å². The van der Waals surface area contributed by atoms with Crippen LogP contribution in [0.5, 0.6) is 0 Å². The van der Waals surface area contributed by atoms with Crippen LogP contribution in [0.15, 0.2) is 71.8 Å². The van der Waals surface area contributed by atoms with Gasteiger partial charge in [-0.05, 0) is 25.0 Å². The lowest BCUT2D eigenvalue weighted by atomic mass is 9.92. The molecule has 0 atom stereocenters. The summed E-state index contributed by atoms with van der Waals surface area (Å²) in [6.45, 7) is 12.3. The van der Waals surface area contributed by atoms with Crippen LogP contribution < -0.4 is 0 Å². The minimum atomic E-state index is -3.64. The molecule has 2 aromatic carbocycles. The molecule has 0 amide bonds. The third-order valence-electron chi connectivity index (χ3n) is 6.42. The average Bonchev–Trinajstić information content (AvgIpc) is 3.29. The van der Waals surface area contributed by atoms with Crippen molar-refractivity contribution in [3.8, 4) is 0 Å². The van der Waals surface area contributed by atoms with E-state index in [0.29, 0.717) is 36.8 Å². The van der Waals surface area contributed by atoms with E-state index in [1.54, 1.807) is 15.2 Å². The summed E-state index contributed by atoms with van der Waals surface area (Å²) < 4.78 is 30.9. The highest BCUT2D eigenvalue weighted by Crippen LogP contribution is 2.33. The highest BCUT2D eigenvalue weighted by atomic mass is 32.2. The Kier molecular flexibility index (Phi) is 6.99. The van der Waals surface area contributed by atoms with E-state index < -0.39 is 10.0 Å². The zero-order valence-corrected chi connectivity index (χ0v) is 21.7. The van der Waals surface area contributed by atoms with Crippen molar-refractivity contribution in [3.05, 3.63) is 83.7 Å². The molecular weight excluding hydrogens is 444 g/mol. The van der Waals surface area contributed by atoms with Gasteiger partial charge in [0.05, 0.1) is 11.7 Å². The quantitative estimate of drug-likeness (QED) is 0.506. The first kappa shape index (κ1) is 24.6. The molecule has 34 heavy (non-hydrogen) atoms. The SMILES string of the molecule is CC(C)n1cc(S(=O)(=O)N2CCN(C(c3ccccc3)c3ccccc3)CC2)c(C(C)(C)C)n1. The first-order chi connectivity index (χ1) is 16.1. The predicted molar refractivity (Wildman–Crippen MR) is 136 cm³/mol. The molecule has 0 spiro atoms. The summed E-state index contributed by atoms with van der Waals surface area (Å²) in [6.07, 6.45) is 1.71. The summed E-state index contributed by atoms with van der Waals surface area (Å²) in [5.74, 6) is 0. The summed E-state index contributed by atoms with van der Waals surface area (Å²) in [5.41, 5.74) is 2.71. The summed E-state index contributed by atoms with van der Waals surface area (Å²) >= 11 is 0. The minimum absolute atomic E-state index is 0.0967. The van der Waals surface area contributed by atoms with Gasteiger partial charge in [-0.2, -0.15) is 9.40 Å². The van der Waals surface area contributed by atoms with Crippen LogP contribution >= 0.6 is 0 Å². The van der Waals surface area contributed by atoms with Crippen molar-refractivity contribution < 1.29 is 8.42 Å². The zero-order chi connectivity index (χ0) is 24.5. The molecule has 1 fully saturated rings. The number of hydrogen-bond donors (Lipinski definition) is 0. The molecule has 0 radical (unpaired) electrons. The zero-order valence-electron chi connectivity index (χ0n) is 20.8. The molecule has 4 rings (SSSR count). The Bertz CT molecular complexity index is 1150. The van der Waals surface area contributed by atoms with E-state index in [2.05, 4.69) is 58.5 Å². The number of benzene rings is 2. The molecule has 0 aliphatic carbocycles. The van der Waals surface area contributed by atoms with Crippen LogP contribution in [0.2, 0.25) is 0 Å². The Balaban J connectivity index is 1.60. The van der Waals surface area contributed by atoms with E-state index in [4.69, 9.17) is 0 Å². The van der Waals surface area contributed by atoms with Gasteiger partial charge in [-0.15, -0.1) is 0 Å². The molecule has 2 heterocycles. The van der Waals surface area contributed by atoms with Crippen molar-refractivity contribution >= 4 is 10.0 Å². The number of rotatable bonds is 6. The van der Waals surface area contributed by atoms with Crippen LogP contribution in [0, 0.1) is 0 Å². The van der Waals surface area contributed by atoms with Gasteiger partial charge in [0, 0.05) is 43.8 Å². The van der Waals surface area contributed by atoms with Gasteiger partial charge < -0.3 is 0 Å². The fourth-order valence-corrected chi connectivity index (χ4v) is 6.33. The molecule has 0 unspecified atom stereocenters. The molecule has 6 nitrogen and oxygen atoms in total. The van der Waals surface area contributed by atoms with Gasteiger partial charge in [-0.1, -0.05) is 81.4 Å². The first-order valence-electron chi connectivity index (χ1n) is 12.0. The summed E-state index contributed by atoms with van der Waals surface area (Å²) in [6, 6.07) is 21.1. The third-order valence-corrected chi connectivity index (χ3v) is 8.32. The third kappa shape index (κ3) is 4.97. The lowest BCUT2D eigenvalue weighted by molar-refractivity contribution is 0.155. The van der Waals surface area contributed by atoms with Gasteiger partial charge in [0.1, 0.15) is 4.90 Å². The van der Waals surface area contributed by atoms with Gasteiger partial charge in [-0.3, -0.25) is 9.58 Å². The molecular formula is C27H36N4O2S. The molecule has 1 aliphatic heterocycles.